The molecule has 5 rings (SSSR count). The Morgan fingerprint density at radius 1 is 1.11 bits per heavy atom. The number of rotatable bonds is 7. The van der Waals surface area contributed by atoms with Gasteiger partial charge in [-0.1, -0.05) is 49.6 Å². The van der Waals surface area contributed by atoms with Crippen molar-refractivity contribution in [3.8, 4) is 0 Å². The van der Waals surface area contributed by atoms with Crippen LogP contribution in [-0.2, 0) is 4.79 Å². The number of nitrogen functional groups attached to an aromatic ring is 1. The molecule has 4 aromatic rings. The van der Waals surface area contributed by atoms with Gasteiger partial charge in [-0.15, -0.1) is 0 Å². The standard InChI is InChI=1S/C28H30N6O3S/c1-16-8-7-11-18(14-16)34(28(37)25-22(29)23(26(30)35)33-38-25)24(27(36)32-17-9-3-2-4-10-17)20-15-31-21-13-6-5-12-19(20)21/h5-8,11-15,17,24,31H,2-4,9-10,29H2,1H3,(H2,30,35)(H,32,36)/t24-/m1/s1. The SMILES string of the molecule is Cc1cccc(N(C(=O)c2snc(C(N)=O)c2N)[C@@H](C(=O)NC2CCCCC2)c2c[nH]c3ccccc23)c1. The zero-order valence-corrected chi connectivity index (χ0v) is 21.9. The Hall–Kier alpha value is -4.18. The van der Waals surface area contributed by atoms with Gasteiger partial charge >= 0.3 is 0 Å². The highest BCUT2D eigenvalue weighted by Crippen LogP contribution is 2.36. The summed E-state index contributed by atoms with van der Waals surface area (Å²) in [6.07, 6.45) is 6.83. The smallest absolute Gasteiger partial charge is 0.273 e. The first-order chi connectivity index (χ1) is 18.3. The molecule has 2 heterocycles. The zero-order chi connectivity index (χ0) is 26.8. The molecule has 0 aliphatic heterocycles. The van der Waals surface area contributed by atoms with Gasteiger partial charge in [0.25, 0.3) is 11.8 Å². The van der Waals surface area contributed by atoms with E-state index in [1.54, 1.807) is 12.3 Å². The Balaban J connectivity index is 1.67. The minimum Gasteiger partial charge on any atom is -0.395 e. The van der Waals surface area contributed by atoms with E-state index in [9.17, 15) is 14.4 Å². The Kier molecular flexibility index (Phi) is 7.15. The van der Waals surface area contributed by atoms with E-state index in [4.69, 9.17) is 11.5 Å². The second-order valence-corrected chi connectivity index (χ2v) is 10.5. The number of aryl methyl sites for hydroxylation is 1. The average Bonchev–Trinajstić information content (AvgIpc) is 3.51. The highest BCUT2D eigenvalue weighted by Gasteiger charge is 2.38. The van der Waals surface area contributed by atoms with Gasteiger partial charge in [0.05, 0.1) is 5.69 Å². The number of amides is 3. The number of benzene rings is 2. The quantitative estimate of drug-likeness (QED) is 0.279. The number of nitrogens with one attached hydrogen (secondary N) is 2. The third kappa shape index (κ3) is 4.87. The number of carbonyl (C=O) groups is 3. The van der Waals surface area contributed by atoms with Crippen molar-refractivity contribution in [3.05, 3.63) is 76.4 Å². The summed E-state index contributed by atoms with van der Waals surface area (Å²) < 4.78 is 4.03. The third-order valence-corrected chi connectivity index (χ3v) is 7.88. The molecular formula is C28H30N6O3S. The lowest BCUT2D eigenvalue weighted by molar-refractivity contribution is -0.123. The lowest BCUT2D eigenvalue weighted by Gasteiger charge is -2.33. The first kappa shape index (κ1) is 25.5. The van der Waals surface area contributed by atoms with Gasteiger partial charge in [-0.25, -0.2) is 0 Å². The molecule has 1 fully saturated rings. The average molecular weight is 531 g/mol. The molecule has 1 aliphatic carbocycles. The van der Waals surface area contributed by atoms with Crippen molar-refractivity contribution in [2.45, 2.75) is 51.1 Å². The minimum absolute atomic E-state index is 0.0355. The minimum atomic E-state index is -1.01. The lowest BCUT2D eigenvalue weighted by Crippen LogP contribution is -2.47. The summed E-state index contributed by atoms with van der Waals surface area (Å²) in [5, 5.41) is 4.05. The molecule has 0 saturated heterocycles. The molecule has 38 heavy (non-hydrogen) atoms. The van der Waals surface area contributed by atoms with E-state index < -0.39 is 17.9 Å². The maximum absolute atomic E-state index is 14.3. The fraction of sp³-hybridized carbons (Fsp3) is 0.286. The van der Waals surface area contributed by atoms with E-state index in [2.05, 4.69) is 14.7 Å². The molecule has 0 radical (unpaired) electrons. The molecule has 1 aliphatic rings. The second-order valence-electron chi connectivity index (χ2n) is 9.69. The number of aromatic nitrogens is 2. The van der Waals surface area contributed by atoms with E-state index in [1.165, 1.54) is 4.90 Å². The zero-order valence-electron chi connectivity index (χ0n) is 21.1. The molecule has 0 spiro atoms. The van der Waals surface area contributed by atoms with Gasteiger partial charge in [0, 0.05) is 34.4 Å². The van der Waals surface area contributed by atoms with Crippen LogP contribution in [0.15, 0.2) is 54.7 Å². The van der Waals surface area contributed by atoms with Crippen LogP contribution in [-0.4, -0.2) is 33.1 Å². The summed E-state index contributed by atoms with van der Waals surface area (Å²) in [6.45, 7) is 1.92. The van der Waals surface area contributed by atoms with Crippen LogP contribution < -0.4 is 21.7 Å². The summed E-state index contributed by atoms with van der Waals surface area (Å²) >= 11 is 0.799. The summed E-state index contributed by atoms with van der Waals surface area (Å²) in [6, 6.07) is 14.1. The number of primary amides is 1. The fourth-order valence-electron chi connectivity index (χ4n) is 5.14. The predicted octanol–water partition coefficient (Wildman–Crippen LogP) is 4.45. The number of nitrogens with two attached hydrogens (primary N) is 2. The van der Waals surface area contributed by atoms with Crippen molar-refractivity contribution >= 4 is 51.5 Å². The van der Waals surface area contributed by atoms with Crippen LogP contribution >= 0.6 is 11.5 Å². The van der Waals surface area contributed by atoms with E-state index >= 15 is 0 Å². The van der Waals surface area contributed by atoms with Gasteiger partial charge in [-0.05, 0) is 55.1 Å². The van der Waals surface area contributed by atoms with E-state index in [-0.39, 0.29) is 28.2 Å². The van der Waals surface area contributed by atoms with Crippen LogP contribution in [0.4, 0.5) is 11.4 Å². The van der Waals surface area contributed by atoms with Crippen molar-refractivity contribution in [2.24, 2.45) is 5.73 Å². The highest BCUT2D eigenvalue weighted by atomic mass is 32.1. The lowest BCUT2D eigenvalue weighted by atomic mass is 9.94. The maximum Gasteiger partial charge on any atom is 0.273 e. The molecule has 196 valence electrons. The number of H-pyrrole nitrogens is 1. The molecule has 0 unspecified atom stereocenters. The number of aromatic amines is 1. The molecule has 9 nitrogen and oxygen atoms in total. The van der Waals surface area contributed by atoms with Crippen LogP contribution in [0.5, 0.6) is 0 Å². The molecule has 0 bridgehead atoms. The van der Waals surface area contributed by atoms with Crippen molar-refractivity contribution < 1.29 is 14.4 Å². The Bertz CT molecular complexity index is 1500. The normalized spacial score (nSPS) is 14.8. The number of hydrogen-bond acceptors (Lipinski definition) is 6. The van der Waals surface area contributed by atoms with Gasteiger partial charge in [0.1, 0.15) is 10.9 Å². The van der Waals surface area contributed by atoms with Gasteiger partial charge in [0.15, 0.2) is 5.69 Å². The summed E-state index contributed by atoms with van der Waals surface area (Å²) in [5.74, 6) is -1.63. The van der Waals surface area contributed by atoms with Gasteiger partial charge in [-0.2, -0.15) is 4.37 Å². The van der Waals surface area contributed by atoms with E-state index in [0.29, 0.717) is 11.3 Å². The number of hydrogen-bond donors (Lipinski definition) is 4. The monoisotopic (exact) mass is 530 g/mol. The van der Waals surface area contributed by atoms with Gasteiger partial charge < -0.3 is 21.8 Å². The Labute approximate surface area is 224 Å². The molecule has 10 heteroatoms. The molecule has 2 aromatic heterocycles. The molecule has 6 N–H and O–H groups in total. The maximum atomic E-state index is 14.3. The van der Waals surface area contributed by atoms with Crippen LogP contribution in [0.1, 0.15) is 69.4 Å². The topological polar surface area (TPSA) is 147 Å². The van der Waals surface area contributed by atoms with Crippen LogP contribution in [0.3, 0.4) is 0 Å². The first-order valence-corrected chi connectivity index (χ1v) is 13.4. The van der Waals surface area contributed by atoms with Crippen LogP contribution in [0.2, 0.25) is 0 Å². The van der Waals surface area contributed by atoms with Crippen molar-refractivity contribution in [3.63, 3.8) is 0 Å². The van der Waals surface area contributed by atoms with Crippen LogP contribution in [0.25, 0.3) is 10.9 Å². The fourth-order valence-corrected chi connectivity index (χ4v) is 5.89. The number of carbonyl (C=O) groups excluding carboxylic acids is 3. The molecule has 3 amide bonds. The number of anilines is 2. The molecule has 1 saturated carbocycles. The number of nitrogens with zero attached hydrogens (tertiary/aromatic N) is 2. The van der Waals surface area contributed by atoms with E-state index in [0.717, 1.165) is 60.1 Å². The van der Waals surface area contributed by atoms with Crippen molar-refractivity contribution in [2.75, 3.05) is 10.6 Å². The highest BCUT2D eigenvalue weighted by molar-refractivity contribution is 7.09. The molecule has 1 atom stereocenters. The second kappa shape index (κ2) is 10.7. The number of para-hydroxylation sites is 1. The van der Waals surface area contributed by atoms with Crippen molar-refractivity contribution in [1.82, 2.24) is 14.7 Å². The summed E-state index contributed by atoms with van der Waals surface area (Å²) in [4.78, 5) is 45.0. The predicted molar refractivity (Wildman–Crippen MR) is 149 cm³/mol. The van der Waals surface area contributed by atoms with Crippen LogP contribution in [0, 0.1) is 6.92 Å². The third-order valence-electron chi connectivity index (χ3n) is 7.03. The largest absolute Gasteiger partial charge is 0.395 e. The molecular weight excluding hydrogens is 500 g/mol. The number of fused-ring (bicyclic) bond motifs is 1. The van der Waals surface area contributed by atoms with Gasteiger partial charge in [0.2, 0.25) is 5.91 Å². The van der Waals surface area contributed by atoms with Crippen molar-refractivity contribution in [1.29, 1.82) is 0 Å². The Morgan fingerprint density at radius 3 is 2.58 bits per heavy atom. The van der Waals surface area contributed by atoms with Gasteiger partial charge in [-0.3, -0.25) is 19.3 Å². The summed E-state index contributed by atoms with van der Waals surface area (Å²) in [5.41, 5.74) is 14.3. The Morgan fingerprint density at radius 2 is 1.87 bits per heavy atom. The first-order valence-electron chi connectivity index (χ1n) is 12.7. The molecule has 2 aromatic carbocycles. The van der Waals surface area contributed by atoms with E-state index in [1.807, 2.05) is 49.4 Å². The summed E-state index contributed by atoms with van der Waals surface area (Å²) in [7, 11) is 0.